The molecule has 0 amide bonds. The first-order valence-electron chi connectivity index (χ1n) is 4.78. The van der Waals surface area contributed by atoms with Crippen molar-refractivity contribution >= 4 is 0 Å². The SMILES string of the molecule is CC(Cc1ccccc1)N(CC#N)N=O. The number of benzene rings is 1. The van der Waals surface area contributed by atoms with E-state index in [-0.39, 0.29) is 12.6 Å². The zero-order chi connectivity index (χ0) is 11.1. The fraction of sp³-hybridized carbons (Fsp3) is 0.364. The Kier molecular flexibility index (Phi) is 4.30. The van der Waals surface area contributed by atoms with Gasteiger partial charge < -0.3 is 0 Å². The van der Waals surface area contributed by atoms with Gasteiger partial charge in [0.05, 0.1) is 17.4 Å². The maximum Gasteiger partial charge on any atom is 0.126 e. The van der Waals surface area contributed by atoms with Gasteiger partial charge in [-0.1, -0.05) is 30.3 Å². The first kappa shape index (κ1) is 11.2. The van der Waals surface area contributed by atoms with Crippen LogP contribution in [-0.2, 0) is 6.42 Å². The minimum absolute atomic E-state index is 0.0392. The van der Waals surface area contributed by atoms with E-state index in [2.05, 4.69) is 5.29 Å². The molecule has 1 atom stereocenters. The molecule has 1 aromatic carbocycles. The molecule has 15 heavy (non-hydrogen) atoms. The van der Waals surface area contributed by atoms with Crippen molar-refractivity contribution in [3.05, 3.63) is 40.8 Å². The molecule has 0 saturated carbocycles. The molecule has 0 spiro atoms. The lowest BCUT2D eigenvalue weighted by Crippen LogP contribution is -2.29. The van der Waals surface area contributed by atoms with Crippen LogP contribution in [0.3, 0.4) is 0 Å². The van der Waals surface area contributed by atoms with Crippen molar-refractivity contribution in [3.63, 3.8) is 0 Å². The molecule has 4 heteroatoms. The lowest BCUT2D eigenvalue weighted by Gasteiger charge is -2.19. The molecule has 0 fully saturated rings. The second-order valence-corrected chi connectivity index (χ2v) is 3.38. The Morgan fingerprint density at radius 3 is 2.67 bits per heavy atom. The van der Waals surface area contributed by atoms with E-state index in [1.54, 1.807) is 0 Å². The van der Waals surface area contributed by atoms with Crippen LogP contribution in [0, 0.1) is 16.2 Å². The Morgan fingerprint density at radius 2 is 2.13 bits per heavy atom. The van der Waals surface area contributed by atoms with Crippen LogP contribution in [0.5, 0.6) is 0 Å². The van der Waals surface area contributed by atoms with E-state index in [4.69, 9.17) is 5.26 Å². The molecule has 0 aliphatic carbocycles. The van der Waals surface area contributed by atoms with Crippen LogP contribution in [0.25, 0.3) is 0 Å². The number of rotatable bonds is 5. The standard InChI is InChI=1S/C11H13N3O/c1-10(14(13-15)8-7-12)9-11-5-3-2-4-6-11/h2-6,10H,8-9H2,1H3. The zero-order valence-corrected chi connectivity index (χ0v) is 8.63. The van der Waals surface area contributed by atoms with Crippen LogP contribution in [0.15, 0.2) is 35.6 Å². The smallest absolute Gasteiger partial charge is 0.126 e. The lowest BCUT2D eigenvalue weighted by molar-refractivity contribution is 0.240. The van der Waals surface area contributed by atoms with Crippen LogP contribution in [0.2, 0.25) is 0 Å². The predicted octanol–water partition coefficient (Wildman–Crippen LogP) is 2.12. The predicted molar refractivity (Wildman–Crippen MR) is 57.7 cm³/mol. The third kappa shape index (κ3) is 3.39. The molecule has 0 heterocycles. The van der Waals surface area contributed by atoms with Crippen molar-refractivity contribution in [2.45, 2.75) is 19.4 Å². The molecule has 0 aliphatic rings. The van der Waals surface area contributed by atoms with Crippen LogP contribution < -0.4 is 0 Å². The van der Waals surface area contributed by atoms with Gasteiger partial charge >= 0.3 is 0 Å². The average molecular weight is 203 g/mol. The van der Waals surface area contributed by atoms with Gasteiger partial charge in [0.15, 0.2) is 0 Å². The van der Waals surface area contributed by atoms with Crippen molar-refractivity contribution in [1.82, 2.24) is 5.01 Å². The summed E-state index contributed by atoms with van der Waals surface area (Å²) < 4.78 is 0. The molecule has 0 radical (unpaired) electrons. The first-order chi connectivity index (χ1) is 7.27. The zero-order valence-electron chi connectivity index (χ0n) is 8.63. The number of hydrogen-bond acceptors (Lipinski definition) is 3. The average Bonchev–Trinajstić information content (AvgIpc) is 2.27. The Labute approximate surface area is 89.1 Å². The molecule has 1 unspecified atom stereocenters. The summed E-state index contributed by atoms with van der Waals surface area (Å²) in [6.07, 6.45) is 0.717. The van der Waals surface area contributed by atoms with Gasteiger partial charge in [-0.2, -0.15) is 5.26 Å². The summed E-state index contributed by atoms with van der Waals surface area (Å²) in [7, 11) is 0. The lowest BCUT2D eigenvalue weighted by atomic mass is 10.1. The normalized spacial score (nSPS) is 11.5. The second kappa shape index (κ2) is 5.76. The Morgan fingerprint density at radius 1 is 1.47 bits per heavy atom. The quantitative estimate of drug-likeness (QED) is 0.418. The Balaban J connectivity index is 2.58. The van der Waals surface area contributed by atoms with E-state index in [0.29, 0.717) is 6.42 Å². The highest BCUT2D eigenvalue weighted by molar-refractivity contribution is 5.15. The van der Waals surface area contributed by atoms with Crippen molar-refractivity contribution in [2.24, 2.45) is 5.29 Å². The van der Waals surface area contributed by atoms with Crippen LogP contribution in [0.1, 0.15) is 12.5 Å². The fourth-order valence-corrected chi connectivity index (χ4v) is 1.40. The van der Waals surface area contributed by atoms with Crippen LogP contribution in [-0.4, -0.2) is 17.6 Å². The van der Waals surface area contributed by atoms with Crippen LogP contribution in [0.4, 0.5) is 0 Å². The number of nitriles is 1. The topological polar surface area (TPSA) is 56.5 Å². The molecule has 0 N–H and O–H groups in total. The molecule has 4 nitrogen and oxygen atoms in total. The third-order valence-corrected chi connectivity index (χ3v) is 2.22. The third-order valence-electron chi connectivity index (χ3n) is 2.22. The second-order valence-electron chi connectivity index (χ2n) is 3.38. The van der Waals surface area contributed by atoms with Crippen molar-refractivity contribution in [3.8, 4) is 6.07 Å². The molecular weight excluding hydrogens is 190 g/mol. The molecule has 78 valence electrons. The Hall–Kier alpha value is -1.89. The fourth-order valence-electron chi connectivity index (χ4n) is 1.40. The Bertz CT molecular complexity index is 345. The van der Waals surface area contributed by atoms with E-state index in [9.17, 15) is 4.91 Å². The van der Waals surface area contributed by atoms with E-state index >= 15 is 0 Å². The number of hydrogen-bond donors (Lipinski definition) is 0. The van der Waals surface area contributed by atoms with Gasteiger partial charge in [-0.05, 0) is 18.9 Å². The van der Waals surface area contributed by atoms with Gasteiger partial charge in [-0.25, -0.2) is 5.01 Å². The van der Waals surface area contributed by atoms with Crippen molar-refractivity contribution in [1.29, 1.82) is 5.26 Å². The summed E-state index contributed by atoms with van der Waals surface area (Å²) in [6.45, 7) is 1.92. The summed E-state index contributed by atoms with van der Waals surface area (Å²) in [5.41, 5.74) is 1.14. The highest BCUT2D eigenvalue weighted by Gasteiger charge is 2.12. The molecule has 0 bridgehead atoms. The van der Waals surface area contributed by atoms with Gasteiger partial charge in [0, 0.05) is 0 Å². The van der Waals surface area contributed by atoms with Crippen molar-refractivity contribution < 1.29 is 0 Å². The van der Waals surface area contributed by atoms with Crippen molar-refractivity contribution in [2.75, 3.05) is 6.54 Å². The summed E-state index contributed by atoms with van der Waals surface area (Å²) in [5, 5.41) is 12.6. The minimum atomic E-state index is -0.0513. The van der Waals surface area contributed by atoms with Gasteiger partial charge in [0.2, 0.25) is 0 Å². The van der Waals surface area contributed by atoms with E-state index in [1.807, 2.05) is 43.3 Å². The molecule has 0 aliphatic heterocycles. The van der Waals surface area contributed by atoms with Gasteiger partial charge in [0.1, 0.15) is 6.54 Å². The first-order valence-corrected chi connectivity index (χ1v) is 4.78. The van der Waals surface area contributed by atoms with E-state index in [0.717, 1.165) is 5.56 Å². The van der Waals surface area contributed by atoms with Crippen LogP contribution >= 0.6 is 0 Å². The minimum Gasteiger partial charge on any atom is -0.244 e. The summed E-state index contributed by atoms with van der Waals surface area (Å²) in [6, 6.07) is 11.7. The molecule has 1 aromatic rings. The summed E-state index contributed by atoms with van der Waals surface area (Å²) >= 11 is 0. The summed E-state index contributed by atoms with van der Waals surface area (Å²) in [4.78, 5) is 10.5. The highest BCUT2D eigenvalue weighted by Crippen LogP contribution is 2.08. The molecular formula is C11H13N3O. The summed E-state index contributed by atoms with van der Waals surface area (Å²) in [5.74, 6) is 0. The largest absolute Gasteiger partial charge is 0.244 e. The molecule has 0 aromatic heterocycles. The molecule has 0 saturated heterocycles. The number of nitroso groups, excluding NO2 is 1. The maximum absolute atomic E-state index is 10.5. The highest BCUT2D eigenvalue weighted by atomic mass is 16.3. The number of nitrogens with zero attached hydrogens (tertiary/aromatic N) is 3. The monoisotopic (exact) mass is 203 g/mol. The van der Waals surface area contributed by atoms with Gasteiger partial charge in [0.25, 0.3) is 0 Å². The van der Waals surface area contributed by atoms with E-state index < -0.39 is 0 Å². The van der Waals surface area contributed by atoms with E-state index in [1.165, 1.54) is 5.01 Å². The van der Waals surface area contributed by atoms with Gasteiger partial charge in [-0.15, -0.1) is 4.91 Å². The molecule has 1 rings (SSSR count). The van der Waals surface area contributed by atoms with Gasteiger partial charge in [-0.3, -0.25) is 0 Å². The maximum atomic E-state index is 10.5.